The maximum absolute atomic E-state index is 12.3. The lowest BCUT2D eigenvalue weighted by Crippen LogP contribution is -2.24. The largest absolute Gasteiger partial charge is 0.385 e. The lowest BCUT2D eigenvalue weighted by Gasteiger charge is -2.12. The van der Waals surface area contributed by atoms with E-state index in [4.69, 9.17) is 0 Å². The molecule has 1 heterocycles. The molecular formula is C16H20N4O. The number of hydrogen-bond donors (Lipinski definition) is 2. The van der Waals surface area contributed by atoms with Gasteiger partial charge in [-0.3, -0.25) is 4.79 Å². The van der Waals surface area contributed by atoms with Crippen molar-refractivity contribution in [3.63, 3.8) is 0 Å². The topological polar surface area (TPSA) is 66.9 Å². The zero-order valence-electron chi connectivity index (χ0n) is 12.6. The normalized spacial score (nSPS) is 10.2. The van der Waals surface area contributed by atoms with E-state index in [0.29, 0.717) is 17.9 Å². The Balaban J connectivity index is 2.09. The monoisotopic (exact) mass is 284 g/mol. The van der Waals surface area contributed by atoms with E-state index in [-0.39, 0.29) is 5.91 Å². The summed E-state index contributed by atoms with van der Waals surface area (Å²) in [7, 11) is 0. The first kappa shape index (κ1) is 15.0. The second-order valence-electron chi connectivity index (χ2n) is 4.86. The van der Waals surface area contributed by atoms with E-state index in [2.05, 4.69) is 20.6 Å². The Kier molecular flexibility index (Phi) is 4.87. The van der Waals surface area contributed by atoms with Crippen molar-refractivity contribution in [3.05, 3.63) is 53.1 Å². The van der Waals surface area contributed by atoms with Crippen LogP contribution in [0.15, 0.2) is 30.5 Å². The van der Waals surface area contributed by atoms with Crippen LogP contribution in [0.2, 0.25) is 0 Å². The molecule has 2 N–H and O–H groups in total. The summed E-state index contributed by atoms with van der Waals surface area (Å²) < 4.78 is 0. The van der Waals surface area contributed by atoms with Gasteiger partial charge in [-0.1, -0.05) is 6.07 Å². The van der Waals surface area contributed by atoms with Crippen LogP contribution in [0.1, 0.15) is 34.4 Å². The lowest BCUT2D eigenvalue weighted by molar-refractivity contribution is 0.0951. The van der Waals surface area contributed by atoms with Crippen molar-refractivity contribution in [1.29, 1.82) is 0 Å². The van der Waals surface area contributed by atoms with Crippen molar-refractivity contribution in [2.24, 2.45) is 0 Å². The van der Waals surface area contributed by atoms with E-state index in [1.165, 1.54) is 0 Å². The molecule has 0 saturated carbocycles. The average Bonchev–Trinajstić information content (AvgIpc) is 2.45. The van der Waals surface area contributed by atoms with E-state index in [9.17, 15) is 4.79 Å². The summed E-state index contributed by atoms with van der Waals surface area (Å²) >= 11 is 0. The molecule has 5 nitrogen and oxygen atoms in total. The fourth-order valence-electron chi connectivity index (χ4n) is 2.06. The molecule has 0 unspecified atom stereocenters. The van der Waals surface area contributed by atoms with Crippen molar-refractivity contribution in [1.82, 2.24) is 15.3 Å². The van der Waals surface area contributed by atoms with Crippen molar-refractivity contribution in [2.45, 2.75) is 27.3 Å². The zero-order chi connectivity index (χ0) is 15.2. The summed E-state index contributed by atoms with van der Waals surface area (Å²) in [5, 5.41) is 6.11. The van der Waals surface area contributed by atoms with Crippen LogP contribution in [0.4, 0.5) is 5.69 Å². The zero-order valence-corrected chi connectivity index (χ0v) is 12.6. The quantitative estimate of drug-likeness (QED) is 0.885. The highest BCUT2D eigenvalue weighted by Gasteiger charge is 2.11. The Morgan fingerprint density at radius 3 is 2.76 bits per heavy atom. The maximum atomic E-state index is 12.3. The van der Waals surface area contributed by atoms with Crippen LogP contribution in [0.3, 0.4) is 0 Å². The van der Waals surface area contributed by atoms with Crippen LogP contribution < -0.4 is 10.6 Å². The lowest BCUT2D eigenvalue weighted by atomic mass is 10.1. The number of carbonyl (C=O) groups is 1. The van der Waals surface area contributed by atoms with Crippen molar-refractivity contribution in [3.8, 4) is 0 Å². The first-order chi connectivity index (χ1) is 10.1. The number of nitrogens with zero attached hydrogens (tertiary/aromatic N) is 2. The molecule has 1 aromatic carbocycles. The number of anilines is 1. The molecule has 0 aliphatic heterocycles. The molecule has 0 radical (unpaired) electrons. The number of rotatable bonds is 5. The van der Waals surface area contributed by atoms with Gasteiger partial charge in [-0.15, -0.1) is 0 Å². The number of amides is 1. The number of aryl methyl sites for hydroxylation is 2. The average molecular weight is 284 g/mol. The first-order valence-electron chi connectivity index (χ1n) is 7.01. The van der Waals surface area contributed by atoms with Crippen LogP contribution in [-0.4, -0.2) is 22.4 Å². The third-order valence-electron chi connectivity index (χ3n) is 3.05. The fraction of sp³-hybridized carbons (Fsp3) is 0.312. The van der Waals surface area contributed by atoms with Crippen LogP contribution in [0.5, 0.6) is 0 Å². The fourth-order valence-corrected chi connectivity index (χ4v) is 2.06. The van der Waals surface area contributed by atoms with Crippen molar-refractivity contribution < 1.29 is 4.79 Å². The Morgan fingerprint density at radius 2 is 2.05 bits per heavy atom. The summed E-state index contributed by atoms with van der Waals surface area (Å²) in [5.74, 6) is 0.590. The van der Waals surface area contributed by atoms with Crippen LogP contribution in [0, 0.1) is 13.8 Å². The van der Waals surface area contributed by atoms with Gasteiger partial charge in [-0.2, -0.15) is 0 Å². The first-order valence-corrected chi connectivity index (χ1v) is 7.01. The highest BCUT2D eigenvalue weighted by molar-refractivity contribution is 5.99. The van der Waals surface area contributed by atoms with Crippen molar-refractivity contribution >= 4 is 11.6 Å². The predicted molar refractivity (Wildman–Crippen MR) is 83.3 cm³/mol. The summed E-state index contributed by atoms with van der Waals surface area (Å²) in [6, 6.07) is 7.55. The number of carbonyl (C=O) groups excluding carboxylic acids is 1. The van der Waals surface area contributed by atoms with E-state index in [1.807, 2.05) is 39.0 Å². The highest BCUT2D eigenvalue weighted by Crippen LogP contribution is 2.17. The van der Waals surface area contributed by atoms with Gasteiger partial charge in [0.2, 0.25) is 0 Å². The minimum absolute atomic E-state index is 0.109. The summed E-state index contributed by atoms with van der Waals surface area (Å²) in [6.45, 7) is 7.00. The molecule has 1 aromatic heterocycles. The second-order valence-corrected chi connectivity index (χ2v) is 4.86. The molecule has 0 fully saturated rings. The van der Waals surface area contributed by atoms with Crippen LogP contribution in [0.25, 0.3) is 0 Å². The molecule has 21 heavy (non-hydrogen) atoms. The molecule has 5 heteroatoms. The smallest absolute Gasteiger partial charge is 0.253 e. The van der Waals surface area contributed by atoms with E-state index < -0.39 is 0 Å². The van der Waals surface area contributed by atoms with Crippen molar-refractivity contribution in [2.75, 3.05) is 11.9 Å². The van der Waals surface area contributed by atoms with Gasteiger partial charge in [-0.25, -0.2) is 9.97 Å². The Labute approximate surface area is 124 Å². The maximum Gasteiger partial charge on any atom is 0.253 e. The van der Waals surface area contributed by atoms with Gasteiger partial charge < -0.3 is 10.6 Å². The molecule has 0 bridgehead atoms. The highest BCUT2D eigenvalue weighted by atomic mass is 16.1. The van der Waals surface area contributed by atoms with E-state index in [0.717, 1.165) is 23.5 Å². The van der Waals surface area contributed by atoms with Gasteiger partial charge in [-0.05, 0) is 44.5 Å². The van der Waals surface area contributed by atoms with Gasteiger partial charge in [0.15, 0.2) is 0 Å². The van der Waals surface area contributed by atoms with Crippen LogP contribution in [-0.2, 0) is 6.54 Å². The molecule has 2 aromatic rings. The minimum Gasteiger partial charge on any atom is -0.385 e. The van der Waals surface area contributed by atoms with E-state index >= 15 is 0 Å². The molecule has 0 aliphatic rings. The molecule has 0 aliphatic carbocycles. The number of hydrogen-bond acceptors (Lipinski definition) is 4. The number of aromatic nitrogens is 2. The van der Waals surface area contributed by atoms with Gasteiger partial charge in [0.05, 0.1) is 17.8 Å². The number of benzene rings is 1. The summed E-state index contributed by atoms with van der Waals surface area (Å²) in [5.41, 5.74) is 3.42. The summed E-state index contributed by atoms with van der Waals surface area (Å²) in [6.07, 6.45) is 1.69. The summed E-state index contributed by atoms with van der Waals surface area (Å²) in [4.78, 5) is 20.6. The molecule has 1 amide bonds. The SMILES string of the molecule is CCNc1cc(C)ccc1C(=O)NCc1ccnc(C)n1. The Bertz CT molecular complexity index is 640. The Hall–Kier alpha value is -2.43. The number of nitrogens with one attached hydrogen (secondary N) is 2. The third-order valence-corrected chi connectivity index (χ3v) is 3.05. The molecule has 110 valence electrons. The molecular weight excluding hydrogens is 264 g/mol. The molecule has 0 saturated heterocycles. The third kappa shape index (κ3) is 4.02. The Morgan fingerprint density at radius 1 is 1.24 bits per heavy atom. The van der Waals surface area contributed by atoms with Crippen LogP contribution >= 0.6 is 0 Å². The second kappa shape index (κ2) is 6.83. The van der Waals surface area contributed by atoms with Gasteiger partial charge in [0.1, 0.15) is 5.82 Å². The molecule has 0 atom stereocenters. The predicted octanol–water partition coefficient (Wildman–Crippen LogP) is 2.46. The van der Waals surface area contributed by atoms with Gasteiger partial charge >= 0.3 is 0 Å². The standard InChI is InChI=1S/C16H20N4O/c1-4-17-15-9-11(2)5-6-14(15)16(21)19-10-13-7-8-18-12(3)20-13/h5-9,17H,4,10H2,1-3H3,(H,19,21). The molecule has 2 rings (SSSR count). The molecule has 0 spiro atoms. The van der Waals surface area contributed by atoms with Gasteiger partial charge in [0.25, 0.3) is 5.91 Å². The minimum atomic E-state index is -0.109. The van der Waals surface area contributed by atoms with E-state index in [1.54, 1.807) is 12.3 Å². The van der Waals surface area contributed by atoms with Gasteiger partial charge in [0, 0.05) is 18.4 Å².